The summed E-state index contributed by atoms with van der Waals surface area (Å²) in [7, 11) is 3.93. The number of nitrogens with one attached hydrogen (secondary N) is 1. The van der Waals surface area contributed by atoms with Gasteiger partial charge in [-0.2, -0.15) is 0 Å². The number of methoxy groups -OCH3 is 1. The van der Waals surface area contributed by atoms with Crippen molar-refractivity contribution in [3.63, 3.8) is 0 Å². The fourth-order valence-corrected chi connectivity index (χ4v) is 1.63. The van der Waals surface area contributed by atoms with Gasteiger partial charge < -0.3 is 15.0 Å². The van der Waals surface area contributed by atoms with E-state index in [9.17, 15) is 0 Å². The Morgan fingerprint density at radius 1 is 1.25 bits per heavy atom. The molecule has 0 rings (SSSR count). The molecule has 0 saturated carbocycles. The highest BCUT2D eigenvalue weighted by atomic mass is 16.5. The quantitative estimate of drug-likeness (QED) is 0.581. The Bertz CT molecular complexity index is 153. The fourth-order valence-electron chi connectivity index (χ4n) is 1.63. The third-order valence-electron chi connectivity index (χ3n) is 3.35. The van der Waals surface area contributed by atoms with Crippen LogP contribution in [0, 0.1) is 5.92 Å². The molecule has 0 spiro atoms. The normalized spacial score (nSPS) is 15.4. The van der Waals surface area contributed by atoms with Crippen molar-refractivity contribution in [2.24, 2.45) is 5.92 Å². The summed E-state index contributed by atoms with van der Waals surface area (Å²) in [5.74, 6) is 0.763. The Labute approximate surface area is 102 Å². The topological polar surface area (TPSA) is 24.5 Å². The highest BCUT2D eigenvalue weighted by Crippen LogP contribution is 2.05. The molecule has 0 aromatic carbocycles. The molecule has 2 atom stereocenters. The predicted molar refractivity (Wildman–Crippen MR) is 70.9 cm³/mol. The second-order valence-electron chi connectivity index (χ2n) is 4.78. The molecular formula is C13H30N2O. The number of likely N-dealkylation sites (N-methyl/N-ethyl adjacent to an activating group) is 1. The lowest BCUT2D eigenvalue weighted by Crippen LogP contribution is -2.37. The van der Waals surface area contributed by atoms with Crippen LogP contribution in [0.5, 0.6) is 0 Å². The Morgan fingerprint density at radius 2 is 1.94 bits per heavy atom. The Hall–Kier alpha value is -0.120. The summed E-state index contributed by atoms with van der Waals surface area (Å²) >= 11 is 0. The molecule has 0 bridgehead atoms. The van der Waals surface area contributed by atoms with Crippen molar-refractivity contribution in [3.8, 4) is 0 Å². The van der Waals surface area contributed by atoms with Crippen LogP contribution in [0.15, 0.2) is 0 Å². The molecule has 98 valence electrons. The fraction of sp³-hybridized carbons (Fsp3) is 1.00. The van der Waals surface area contributed by atoms with Gasteiger partial charge >= 0.3 is 0 Å². The van der Waals surface area contributed by atoms with Gasteiger partial charge in [0.1, 0.15) is 0 Å². The minimum absolute atomic E-state index is 0.623. The zero-order valence-corrected chi connectivity index (χ0v) is 11.8. The number of hydrogen-bond acceptors (Lipinski definition) is 3. The molecule has 0 heterocycles. The van der Waals surface area contributed by atoms with Crippen LogP contribution in [0.1, 0.15) is 33.6 Å². The van der Waals surface area contributed by atoms with Gasteiger partial charge in [0.2, 0.25) is 0 Å². The first-order chi connectivity index (χ1) is 7.61. The monoisotopic (exact) mass is 230 g/mol. The van der Waals surface area contributed by atoms with E-state index in [1.165, 1.54) is 6.42 Å². The summed E-state index contributed by atoms with van der Waals surface area (Å²) in [6, 6.07) is 0.623. The summed E-state index contributed by atoms with van der Waals surface area (Å²) < 4.78 is 5.04. The van der Waals surface area contributed by atoms with Crippen LogP contribution in [-0.2, 0) is 4.74 Å². The lowest BCUT2D eigenvalue weighted by molar-refractivity contribution is 0.179. The van der Waals surface area contributed by atoms with Gasteiger partial charge in [0.25, 0.3) is 0 Å². The minimum atomic E-state index is 0.623. The first kappa shape index (κ1) is 15.9. The largest absolute Gasteiger partial charge is 0.385 e. The van der Waals surface area contributed by atoms with E-state index < -0.39 is 0 Å². The van der Waals surface area contributed by atoms with Crippen LogP contribution in [0.4, 0.5) is 0 Å². The molecule has 3 heteroatoms. The molecule has 0 aromatic rings. The van der Waals surface area contributed by atoms with Gasteiger partial charge in [0.15, 0.2) is 0 Å². The Kier molecular flexibility index (Phi) is 9.99. The summed E-state index contributed by atoms with van der Waals surface area (Å²) in [4.78, 5) is 2.36. The van der Waals surface area contributed by atoms with Crippen LogP contribution in [0.3, 0.4) is 0 Å². The zero-order valence-electron chi connectivity index (χ0n) is 11.8. The molecule has 0 aliphatic carbocycles. The second-order valence-corrected chi connectivity index (χ2v) is 4.78. The van der Waals surface area contributed by atoms with E-state index in [1.54, 1.807) is 7.11 Å². The third-order valence-corrected chi connectivity index (χ3v) is 3.35. The van der Waals surface area contributed by atoms with Crippen molar-refractivity contribution in [2.45, 2.75) is 39.7 Å². The van der Waals surface area contributed by atoms with E-state index in [1.807, 2.05) is 0 Å². The second kappa shape index (κ2) is 10.1. The van der Waals surface area contributed by atoms with Crippen molar-refractivity contribution >= 4 is 0 Å². The van der Waals surface area contributed by atoms with E-state index in [4.69, 9.17) is 4.74 Å². The Balaban J connectivity index is 3.42. The summed E-state index contributed by atoms with van der Waals surface area (Å²) in [5.41, 5.74) is 0. The maximum absolute atomic E-state index is 5.04. The molecule has 1 N–H and O–H groups in total. The van der Waals surface area contributed by atoms with E-state index in [0.717, 1.165) is 38.6 Å². The standard InChI is InChI=1S/C13H30N2O/c1-6-12(2)13(3)14-8-10-15(4)9-7-11-16-5/h12-14H,6-11H2,1-5H3. The van der Waals surface area contributed by atoms with Gasteiger partial charge in [-0.1, -0.05) is 20.3 Å². The molecule has 16 heavy (non-hydrogen) atoms. The van der Waals surface area contributed by atoms with Gasteiger partial charge in [-0.15, -0.1) is 0 Å². The van der Waals surface area contributed by atoms with Crippen molar-refractivity contribution < 1.29 is 4.74 Å². The van der Waals surface area contributed by atoms with Crippen LogP contribution in [-0.4, -0.2) is 51.3 Å². The minimum Gasteiger partial charge on any atom is -0.385 e. The maximum Gasteiger partial charge on any atom is 0.0474 e. The number of ether oxygens (including phenoxy) is 1. The highest BCUT2D eigenvalue weighted by Gasteiger charge is 2.08. The maximum atomic E-state index is 5.04. The number of nitrogens with zero attached hydrogens (tertiary/aromatic N) is 1. The summed E-state index contributed by atoms with van der Waals surface area (Å²) in [6.45, 7) is 11.0. The molecule has 0 aliphatic rings. The van der Waals surface area contributed by atoms with Gasteiger partial charge in [0, 0.05) is 39.4 Å². The van der Waals surface area contributed by atoms with Gasteiger partial charge in [-0.3, -0.25) is 0 Å². The average Bonchev–Trinajstić information content (AvgIpc) is 2.28. The van der Waals surface area contributed by atoms with Crippen molar-refractivity contribution in [2.75, 3.05) is 40.4 Å². The van der Waals surface area contributed by atoms with Gasteiger partial charge in [0.05, 0.1) is 0 Å². The smallest absolute Gasteiger partial charge is 0.0474 e. The highest BCUT2D eigenvalue weighted by molar-refractivity contribution is 4.67. The van der Waals surface area contributed by atoms with Gasteiger partial charge in [-0.25, -0.2) is 0 Å². The molecule has 0 aromatic heterocycles. The van der Waals surface area contributed by atoms with E-state index in [-0.39, 0.29) is 0 Å². The Morgan fingerprint density at radius 3 is 2.50 bits per heavy atom. The molecule has 0 amide bonds. The van der Waals surface area contributed by atoms with Crippen molar-refractivity contribution in [3.05, 3.63) is 0 Å². The lowest BCUT2D eigenvalue weighted by atomic mass is 10.0. The molecule has 0 radical (unpaired) electrons. The van der Waals surface area contributed by atoms with Crippen LogP contribution < -0.4 is 5.32 Å². The zero-order chi connectivity index (χ0) is 12.4. The molecule has 0 aliphatic heterocycles. The van der Waals surface area contributed by atoms with Crippen molar-refractivity contribution in [1.29, 1.82) is 0 Å². The van der Waals surface area contributed by atoms with Crippen LogP contribution in [0.25, 0.3) is 0 Å². The lowest BCUT2D eigenvalue weighted by Gasteiger charge is -2.22. The van der Waals surface area contributed by atoms with E-state index in [2.05, 4.69) is 38.0 Å². The molecule has 3 nitrogen and oxygen atoms in total. The third kappa shape index (κ3) is 8.08. The molecule has 0 fully saturated rings. The molecule has 0 saturated heterocycles. The number of rotatable bonds is 10. The SMILES string of the molecule is CCC(C)C(C)NCCN(C)CCCOC. The van der Waals surface area contributed by atoms with Crippen LogP contribution in [0.2, 0.25) is 0 Å². The van der Waals surface area contributed by atoms with Gasteiger partial charge in [-0.05, 0) is 26.3 Å². The van der Waals surface area contributed by atoms with Crippen LogP contribution >= 0.6 is 0 Å². The summed E-state index contributed by atoms with van der Waals surface area (Å²) in [5, 5.41) is 3.58. The first-order valence-corrected chi connectivity index (χ1v) is 6.52. The van der Waals surface area contributed by atoms with E-state index in [0.29, 0.717) is 6.04 Å². The molecule has 2 unspecified atom stereocenters. The molecular weight excluding hydrogens is 200 g/mol. The number of hydrogen-bond donors (Lipinski definition) is 1. The predicted octanol–water partition coefficient (Wildman–Crippen LogP) is 1.98. The first-order valence-electron chi connectivity index (χ1n) is 6.52. The average molecular weight is 230 g/mol. The van der Waals surface area contributed by atoms with E-state index >= 15 is 0 Å². The summed E-state index contributed by atoms with van der Waals surface area (Å²) in [6.07, 6.45) is 2.37. The van der Waals surface area contributed by atoms with Crippen molar-refractivity contribution in [1.82, 2.24) is 10.2 Å².